The van der Waals surface area contributed by atoms with Gasteiger partial charge >= 0.3 is 12.1 Å². The molecule has 1 unspecified atom stereocenters. The van der Waals surface area contributed by atoms with Gasteiger partial charge in [0.25, 0.3) is 0 Å². The fourth-order valence-electron chi connectivity index (χ4n) is 5.61. The van der Waals surface area contributed by atoms with E-state index in [1.54, 1.807) is 55.5 Å². The number of benzene rings is 3. The van der Waals surface area contributed by atoms with E-state index in [0.29, 0.717) is 34.4 Å². The van der Waals surface area contributed by atoms with E-state index in [2.05, 4.69) is 25.6 Å². The third-order valence-electron chi connectivity index (χ3n) is 8.33. The third-order valence-corrected chi connectivity index (χ3v) is 8.64. The van der Waals surface area contributed by atoms with Gasteiger partial charge < -0.3 is 40.4 Å². The molecule has 2 amide bonds. The summed E-state index contributed by atoms with van der Waals surface area (Å²) in [5, 5.41) is 16.9. The lowest BCUT2D eigenvalue weighted by atomic mass is 10.1. The van der Waals surface area contributed by atoms with Crippen molar-refractivity contribution in [3.8, 4) is 5.75 Å². The lowest BCUT2D eigenvalue weighted by Gasteiger charge is -2.24. The van der Waals surface area contributed by atoms with Crippen LogP contribution in [0, 0.1) is 5.82 Å². The zero-order chi connectivity index (χ0) is 37.5. The Kier molecular flexibility index (Phi) is 11.6. The number of carbonyl (C=O) groups excluding carboxylic acids is 3. The quantitative estimate of drug-likeness (QED) is 0.124. The second-order valence-electron chi connectivity index (χ2n) is 12.0. The molecule has 1 saturated heterocycles. The van der Waals surface area contributed by atoms with E-state index >= 15 is 0 Å². The minimum atomic E-state index is -1.40. The van der Waals surface area contributed by atoms with Crippen LogP contribution in [0.5, 0.6) is 5.75 Å². The molecule has 5 N–H and O–H groups in total. The molecule has 5 atom stereocenters. The predicted octanol–water partition coefficient (Wildman–Crippen LogP) is 4.34. The first-order chi connectivity index (χ1) is 25.6. The molecular formula is C36H35ClFN7O8. The van der Waals surface area contributed by atoms with Crippen molar-refractivity contribution in [2.24, 2.45) is 0 Å². The van der Waals surface area contributed by atoms with Crippen LogP contribution in [-0.2, 0) is 36.8 Å². The van der Waals surface area contributed by atoms with E-state index in [1.165, 1.54) is 41.5 Å². The average molecular weight is 748 g/mol. The van der Waals surface area contributed by atoms with E-state index in [9.17, 15) is 23.9 Å². The highest BCUT2D eigenvalue weighted by Gasteiger charge is 2.47. The normalized spacial score (nSPS) is 18.6. The number of aliphatic hydroxyl groups is 1. The summed E-state index contributed by atoms with van der Waals surface area (Å²) in [5.41, 5.74) is 8.31. The number of carbonyl (C=O) groups is 3. The molecule has 1 aliphatic heterocycles. The molecule has 53 heavy (non-hydrogen) atoms. The fraction of sp³-hybridized carbons (Fsp3) is 0.278. The van der Waals surface area contributed by atoms with Gasteiger partial charge in [-0.15, -0.1) is 0 Å². The molecule has 3 heterocycles. The van der Waals surface area contributed by atoms with Crippen molar-refractivity contribution in [3.63, 3.8) is 0 Å². The molecule has 0 radical (unpaired) electrons. The van der Waals surface area contributed by atoms with Crippen molar-refractivity contribution >= 4 is 52.2 Å². The molecule has 5 aromatic rings. The molecule has 276 valence electrons. The van der Waals surface area contributed by atoms with E-state index in [1.807, 2.05) is 0 Å². The number of alkyl carbamates (subject to hydrolysis) is 1. The van der Waals surface area contributed by atoms with Gasteiger partial charge in [-0.05, 0) is 53.9 Å². The topological polar surface area (TPSA) is 202 Å². The Balaban J connectivity index is 1.08. The summed E-state index contributed by atoms with van der Waals surface area (Å²) < 4.78 is 37.6. The number of hydrogen-bond donors (Lipinski definition) is 4. The SMILES string of the molecule is CC[C@H]1O[C@@H](n2cnc3c(N)ncnc32)[C@H](O)[C@@H]1OC(=O)C(COc1ccccc1Cl)NC(=O)OCc1ccc(NC(=O)Cc2ccc(F)cc2)cc1. The number of rotatable bonds is 13. The zero-order valence-corrected chi connectivity index (χ0v) is 29.0. The molecular weight excluding hydrogens is 713 g/mol. The number of esters is 1. The Morgan fingerprint density at radius 3 is 2.51 bits per heavy atom. The largest absolute Gasteiger partial charge is 0.489 e. The van der Waals surface area contributed by atoms with Crippen LogP contribution in [-0.4, -0.2) is 73.6 Å². The lowest BCUT2D eigenvalue weighted by molar-refractivity contribution is -0.159. The van der Waals surface area contributed by atoms with Gasteiger partial charge in [-0.25, -0.2) is 28.9 Å². The number of nitrogens with one attached hydrogen (secondary N) is 2. The first-order valence-corrected chi connectivity index (χ1v) is 16.9. The van der Waals surface area contributed by atoms with Gasteiger partial charge in [0, 0.05) is 5.69 Å². The van der Waals surface area contributed by atoms with Crippen LogP contribution in [0.15, 0.2) is 85.5 Å². The summed E-state index contributed by atoms with van der Waals surface area (Å²) in [6.07, 6.45) is -2.13. The maximum Gasteiger partial charge on any atom is 0.408 e. The van der Waals surface area contributed by atoms with Gasteiger partial charge in [0.05, 0.1) is 23.9 Å². The summed E-state index contributed by atoms with van der Waals surface area (Å²) >= 11 is 6.24. The monoisotopic (exact) mass is 747 g/mol. The van der Waals surface area contributed by atoms with Crippen molar-refractivity contribution in [1.29, 1.82) is 0 Å². The van der Waals surface area contributed by atoms with Crippen molar-refractivity contribution < 1.29 is 42.8 Å². The molecule has 6 rings (SSSR count). The average Bonchev–Trinajstić information content (AvgIpc) is 3.72. The van der Waals surface area contributed by atoms with E-state index in [-0.39, 0.29) is 41.3 Å². The van der Waals surface area contributed by atoms with Crippen LogP contribution in [0.4, 0.5) is 20.7 Å². The predicted molar refractivity (Wildman–Crippen MR) is 189 cm³/mol. The number of halogens is 2. The number of amides is 2. The van der Waals surface area contributed by atoms with Crippen LogP contribution in [0.25, 0.3) is 11.2 Å². The Morgan fingerprint density at radius 1 is 1.04 bits per heavy atom. The molecule has 2 aromatic heterocycles. The van der Waals surface area contributed by atoms with Crippen LogP contribution in [0.3, 0.4) is 0 Å². The van der Waals surface area contributed by atoms with Gasteiger partial charge in [-0.2, -0.15) is 0 Å². The molecule has 0 aliphatic carbocycles. The molecule has 3 aromatic carbocycles. The highest BCUT2D eigenvalue weighted by atomic mass is 35.5. The standard InChI is InChI=1S/C36H35ClFN7O8/c1-2-26-31(30(47)34(52-26)45-19-42-29-32(39)40-18-41-33(29)45)53-35(48)25(17-50-27-6-4-3-5-24(27)37)44-36(49)51-16-21-9-13-23(14-10-21)43-28(46)15-20-7-11-22(38)12-8-20/h3-14,18-19,25-26,30-31,34,47H,2,15-17H2,1H3,(H,43,46)(H,44,49)(H2,39,40,41)/t25?,26-,30-,31-,34-/m1/s1. The zero-order valence-electron chi connectivity index (χ0n) is 28.2. The molecule has 1 fully saturated rings. The lowest BCUT2D eigenvalue weighted by Crippen LogP contribution is -2.49. The van der Waals surface area contributed by atoms with Crippen LogP contribution >= 0.6 is 11.6 Å². The summed E-state index contributed by atoms with van der Waals surface area (Å²) in [4.78, 5) is 51.4. The number of imidazole rings is 1. The number of ether oxygens (including phenoxy) is 4. The van der Waals surface area contributed by atoms with E-state index in [0.717, 1.165) is 0 Å². The number of hydrogen-bond acceptors (Lipinski definition) is 12. The second-order valence-corrected chi connectivity index (χ2v) is 12.4. The number of nitrogen functional groups attached to an aromatic ring is 1. The van der Waals surface area contributed by atoms with Crippen molar-refractivity contribution in [2.45, 2.75) is 57.0 Å². The van der Waals surface area contributed by atoms with E-state index in [4.69, 9.17) is 36.3 Å². The minimum absolute atomic E-state index is 0.0638. The van der Waals surface area contributed by atoms with Crippen LogP contribution in [0.2, 0.25) is 5.02 Å². The number of aromatic nitrogens is 4. The van der Waals surface area contributed by atoms with Gasteiger partial charge in [0.1, 0.15) is 42.7 Å². The number of nitrogens with zero attached hydrogens (tertiary/aromatic N) is 4. The first-order valence-electron chi connectivity index (χ1n) is 16.5. The summed E-state index contributed by atoms with van der Waals surface area (Å²) in [5.74, 6) is -1.19. The fourth-order valence-corrected chi connectivity index (χ4v) is 5.80. The summed E-state index contributed by atoms with van der Waals surface area (Å²) in [6.45, 7) is 1.23. The highest BCUT2D eigenvalue weighted by molar-refractivity contribution is 6.32. The van der Waals surface area contributed by atoms with E-state index < -0.39 is 49.3 Å². The first kappa shape index (κ1) is 36.9. The van der Waals surface area contributed by atoms with Crippen molar-refractivity contribution in [1.82, 2.24) is 24.8 Å². The Hall–Kier alpha value is -5.84. The maximum absolute atomic E-state index is 13.6. The summed E-state index contributed by atoms with van der Waals surface area (Å²) in [7, 11) is 0. The smallest absolute Gasteiger partial charge is 0.408 e. The van der Waals surface area contributed by atoms with Crippen LogP contribution in [0.1, 0.15) is 30.7 Å². The Morgan fingerprint density at radius 2 is 1.77 bits per heavy atom. The molecule has 15 nitrogen and oxygen atoms in total. The van der Waals surface area contributed by atoms with Crippen molar-refractivity contribution in [2.75, 3.05) is 17.7 Å². The van der Waals surface area contributed by atoms with Crippen LogP contribution < -0.4 is 21.1 Å². The highest BCUT2D eigenvalue weighted by Crippen LogP contribution is 2.35. The molecule has 0 bridgehead atoms. The van der Waals surface area contributed by atoms with Gasteiger partial charge in [0.15, 0.2) is 29.8 Å². The Bertz CT molecular complexity index is 2070. The van der Waals surface area contributed by atoms with Gasteiger partial charge in [-0.3, -0.25) is 9.36 Å². The molecule has 0 saturated carbocycles. The maximum atomic E-state index is 13.6. The minimum Gasteiger partial charge on any atom is -0.489 e. The van der Waals surface area contributed by atoms with Gasteiger partial charge in [-0.1, -0.05) is 54.9 Å². The molecule has 0 spiro atoms. The third kappa shape index (κ3) is 8.97. The number of aliphatic hydroxyl groups excluding tert-OH is 1. The van der Waals surface area contributed by atoms with Gasteiger partial charge in [0.2, 0.25) is 5.91 Å². The molecule has 1 aliphatic rings. The summed E-state index contributed by atoms with van der Waals surface area (Å²) in [6, 6.07) is 17.4. The second kappa shape index (κ2) is 16.7. The number of para-hydroxylation sites is 1. The number of anilines is 2. The Labute approximate surface area is 307 Å². The molecule has 17 heteroatoms. The number of fused-ring (bicyclic) bond motifs is 1. The number of nitrogens with two attached hydrogens (primary N) is 1. The van der Waals surface area contributed by atoms with Crippen molar-refractivity contribution in [3.05, 3.63) is 107 Å².